The van der Waals surface area contributed by atoms with E-state index in [1.54, 1.807) is 0 Å². The number of hydrogen-bond acceptors (Lipinski definition) is 3. The summed E-state index contributed by atoms with van der Waals surface area (Å²) in [5.41, 5.74) is 0. The number of rotatable bonds is 4. The van der Waals surface area contributed by atoms with E-state index in [-0.39, 0.29) is 26.7 Å². The van der Waals surface area contributed by atoms with E-state index >= 15 is 0 Å². The van der Waals surface area contributed by atoms with Gasteiger partial charge in [0.25, 0.3) is 0 Å². The third-order valence-electron chi connectivity index (χ3n) is 3.60. The Labute approximate surface area is 127 Å². The standard InChI is InChI=1S/C15H20O3SeSi/c1-11(16)15(9-10-18-14(15)17)19-12-5-7-13(8-6-12)20(2,3)4/h5-8H,9-10H2,1-4H3. The van der Waals surface area contributed by atoms with Gasteiger partial charge in [-0.25, -0.2) is 0 Å². The van der Waals surface area contributed by atoms with E-state index in [1.807, 2.05) is 0 Å². The third kappa shape index (κ3) is 2.90. The molecule has 5 heteroatoms. The Balaban J connectivity index is 2.25. The molecule has 3 nitrogen and oxygen atoms in total. The summed E-state index contributed by atoms with van der Waals surface area (Å²) in [6.07, 6.45) is 0.525. The third-order valence-corrected chi connectivity index (χ3v) is 8.84. The van der Waals surface area contributed by atoms with Gasteiger partial charge in [-0.05, 0) is 0 Å². The van der Waals surface area contributed by atoms with E-state index in [2.05, 4.69) is 43.9 Å². The Morgan fingerprint density at radius 1 is 1.25 bits per heavy atom. The summed E-state index contributed by atoms with van der Waals surface area (Å²) in [5.74, 6) is -0.395. The summed E-state index contributed by atoms with van der Waals surface area (Å²) < 4.78 is 5.24. The first-order chi connectivity index (χ1) is 9.25. The average molecular weight is 355 g/mol. The van der Waals surface area contributed by atoms with Crippen LogP contribution in [0.15, 0.2) is 24.3 Å². The second-order valence-corrected chi connectivity index (χ2v) is 14.1. The van der Waals surface area contributed by atoms with Gasteiger partial charge in [-0.15, -0.1) is 0 Å². The number of benzene rings is 1. The second-order valence-electron chi connectivity index (χ2n) is 6.15. The number of hydrogen-bond donors (Lipinski definition) is 0. The van der Waals surface area contributed by atoms with Crippen molar-refractivity contribution in [3.8, 4) is 0 Å². The summed E-state index contributed by atoms with van der Waals surface area (Å²) in [6.45, 7) is 8.79. The molecule has 1 aromatic carbocycles. The van der Waals surface area contributed by atoms with Gasteiger partial charge in [0.15, 0.2) is 0 Å². The van der Waals surface area contributed by atoms with E-state index in [1.165, 1.54) is 12.1 Å². The molecule has 1 atom stereocenters. The molecule has 108 valence electrons. The fourth-order valence-electron chi connectivity index (χ4n) is 2.21. The van der Waals surface area contributed by atoms with Crippen molar-refractivity contribution < 1.29 is 14.3 Å². The monoisotopic (exact) mass is 356 g/mol. The summed E-state index contributed by atoms with van der Waals surface area (Å²) in [4.78, 5) is 23.9. The molecule has 0 radical (unpaired) electrons. The van der Waals surface area contributed by atoms with Gasteiger partial charge in [-0.1, -0.05) is 0 Å². The summed E-state index contributed by atoms with van der Waals surface area (Å²) in [6, 6.07) is 8.45. The van der Waals surface area contributed by atoms with E-state index < -0.39 is 12.4 Å². The van der Waals surface area contributed by atoms with Crippen LogP contribution < -0.4 is 9.65 Å². The normalized spacial score (nSPS) is 22.7. The van der Waals surface area contributed by atoms with Gasteiger partial charge in [0, 0.05) is 0 Å². The molecule has 1 aliphatic heterocycles. The Bertz CT molecular complexity index is 533. The van der Waals surface area contributed by atoms with Gasteiger partial charge in [0.1, 0.15) is 0 Å². The van der Waals surface area contributed by atoms with Crippen molar-refractivity contribution >= 4 is 44.4 Å². The predicted molar refractivity (Wildman–Crippen MR) is 83.8 cm³/mol. The molecular formula is C15H20O3SeSi. The zero-order chi connectivity index (χ0) is 15.0. The summed E-state index contributed by atoms with van der Waals surface area (Å²) in [7, 11) is -1.31. The van der Waals surface area contributed by atoms with Gasteiger partial charge >= 0.3 is 127 Å². The topological polar surface area (TPSA) is 43.4 Å². The SMILES string of the molecule is CC(=O)C1([Se]c2ccc([Si](C)(C)C)cc2)CCOC1=O. The van der Waals surface area contributed by atoms with E-state index in [4.69, 9.17) is 4.74 Å². The van der Waals surface area contributed by atoms with Crippen molar-refractivity contribution in [2.45, 2.75) is 37.3 Å². The number of ketones is 1. The van der Waals surface area contributed by atoms with Crippen LogP contribution in [0.3, 0.4) is 0 Å². The Kier molecular flexibility index (Phi) is 4.23. The van der Waals surface area contributed by atoms with Crippen LogP contribution in [0.1, 0.15) is 13.3 Å². The van der Waals surface area contributed by atoms with Gasteiger partial charge in [0.2, 0.25) is 0 Å². The number of esters is 1. The Hall–Kier alpha value is -0.904. The quantitative estimate of drug-likeness (QED) is 0.464. The summed E-state index contributed by atoms with van der Waals surface area (Å²) in [5, 5.41) is 1.39. The fraction of sp³-hybridized carbons (Fsp3) is 0.467. The molecule has 0 bridgehead atoms. The minimum absolute atomic E-state index is 0.0609. The first-order valence-electron chi connectivity index (χ1n) is 6.73. The number of carbonyl (C=O) groups excluding carboxylic acids is 2. The maximum absolute atomic E-state index is 11.9. The van der Waals surface area contributed by atoms with Gasteiger partial charge < -0.3 is 0 Å². The molecule has 0 amide bonds. The fourth-order valence-corrected chi connectivity index (χ4v) is 5.79. The number of cyclic esters (lactones) is 1. The number of Topliss-reactive ketones (excluding diaryl/α,β-unsaturated/α-hetero) is 1. The van der Waals surface area contributed by atoms with E-state index in [9.17, 15) is 9.59 Å². The van der Waals surface area contributed by atoms with Crippen LogP contribution in [0, 0.1) is 0 Å². The van der Waals surface area contributed by atoms with Gasteiger partial charge in [-0.2, -0.15) is 0 Å². The van der Waals surface area contributed by atoms with Crippen molar-refractivity contribution in [1.82, 2.24) is 0 Å². The zero-order valence-corrected chi connectivity index (χ0v) is 15.1. The molecule has 1 aliphatic rings. The second kappa shape index (κ2) is 5.47. The molecule has 1 fully saturated rings. The molecule has 1 unspecified atom stereocenters. The molecule has 0 saturated carbocycles. The van der Waals surface area contributed by atoms with Crippen LogP contribution in [0.5, 0.6) is 0 Å². The maximum atomic E-state index is 11.9. The van der Waals surface area contributed by atoms with E-state index in [0.29, 0.717) is 13.0 Å². The summed E-state index contributed by atoms with van der Waals surface area (Å²) >= 11 is -0.204. The van der Waals surface area contributed by atoms with Crippen molar-refractivity contribution in [1.29, 1.82) is 0 Å². The molecule has 0 N–H and O–H groups in total. The van der Waals surface area contributed by atoms with Crippen LogP contribution in [0.2, 0.25) is 24.0 Å². The van der Waals surface area contributed by atoms with Crippen LogP contribution in [-0.2, 0) is 14.3 Å². The molecule has 0 aromatic heterocycles. The van der Waals surface area contributed by atoms with Crippen LogP contribution in [-0.4, -0.2) is 41.4 Å². The Morgan fingerprint density at radius 3 is 2.25 bits per heavy atom. The molecule has 20 heavy (non-hydrogen) atoms. The van der Waals surface area contributed by atoms with Gasteiger partial charge in [-0.3, -0.25) is 0 Å². The number of ether oxygens (including phenoxy) is 1. The molecule has 1 saturated heterocycles. The average Bonchev–Trinajstić information content (AvgIpc) is 2.71. The number of carbonyl (C=O) groups is 2. The van der Waals surface area contributed by atoms with Crippen LogP contribution in [0.25, 0.3) is 0 Å². The van der Waals surface area contributed by atoms with E-state index in [0.717, 1.165) is 4.46 Å². The molecule has 2 rings (SSSR count). The van der Waals surface area contributed by atoms with Crippen molar-refractivity contribution in [2.24, 2.45) is 0 Å². The Morgan fingerprint density at radius 2 is 1.85 bits per heavy atom. The van der Waals surface area contributed by atoms with Crippen LogP contribution >= 0.6 is 0 Å². The first kappa shape index (κ1) is 15.5. The van der Waals surface area contributed by atoms with Crippen LogP contribution in [0.4, 0.5) is 0 Å². The molecular weight excluding hydrogens is 335 g/mol. The van der Waals surface area contributed by atoms with Crippen molar-refractivity contribution in [3.63, 3.8) is 0 Å². The van der Waals surface area contributed by atoms with Crippen molar-refractivity contribution in [2.75, 3.05) is 6.61 Å². The van der Waals surface area contributed by atoms with Gasteiger partial charge in [0.05, 0.1) is 0 Å². The molecule has 0 spiro atoms. The molecule has 0 aliphatic carbocycles. The molecule has 1 heterocycles. The minimum atomic E-state index is -1.31. The first-order valence-corrected chi connectivity index (χ1v) is 11.9. The molecule has 1 aromatic rings. The zero-order valence-electron chi connectivity index (χ0n) is 12.4. The predicted octanol–water partition coefficient (Wildman–Crippen LogP) is 1.26. The van der Waals surface area contributed by atoms with Crippen molar-refractivity contribution in [3.05, 3.63) is 24.3 Å².